The number of urea groups is 1. The maximum absolute atomic E-state index is 14.3. The highest BCUT2D eigenvalue weighted by molar-refractivity contribution is 6.42. The number of carbonyl (C=O) groups is 3. The van der Waals surface area contributed by atoms with Crippen LogP contribution < -0.4 is 10.6 Å². The molecular formula is C36H38Cl2N6O3. The number of fused-ring (bicyclic) bond motifs is 2. The first-order valence-electron chi connectivity index (χ1n) is 15.9. The zero-order valence-corrected chi connectivity index (χ0v) is 28.0. The zero-order valence-electron chi connectivity index (χ0n) is 26.5. The summed E-state index contributed by atoms with van der Waals surface area (Å²) in [4.78, 5) is 45.4. The van der Waals surface area contributed by atoms with Crippen LogP contribution in [0.3, 0.4) is 0 Å². The first-order chi connectivity index (χ1) is 22.8. The summed E-state index contributed by atoms with van der Waals surface area (Å²) in [7, 11) is 1.86. The third-order valence-corrected chi connectivity index (χ3v) is 9.63. The van der Waals surface area contributed by atoms with Gasteiger partial charge in [-0.3, -0.25) is 14.6 Å². The summed E-state index contributed by atoms with van der Waals surface area (Å²) in [6, 6.07) is 26.3. The number of benzene rings is 4. The van der Waals surface area contributed by atoms with Crippen molar-refractivity contribution in [1.29, 1.82) is 0 Å². The normalized spacial score (nSPS) is 18.0. The fourth-order valence-corrected chi connectivity index (χ4v) is 6.85. The Morgan fingerprint density at radius 1 is 0.936 bits per heavy atom. The summed E-state index contributed by atoms with van der Waals surface area (Å²) in [6.45, 7) is 3.28. The first kappa shape index (κ1) is 32.6. The molecule has 2 N–H and O–H groups in total. The van der Waals surface area contributed by atoms with E-state index in [1.807, 2.05) is 78.5 Å². The van der Waals surface area contributed by atoms with Gasteiger partial charge in [0.15, 0.2) is 0 Å². The SMILES string of the molecule is CCCN(C(=O)NCc1ccc(Cl)c(Cl)c1)N1CC(=O)N2[C@@H](Cc3ccc(NC)cc3)C(=O)N(Cc3cccc4ccccc34)C[C@@H]21. The largest absolute Gasteiger partial charge is 0.388 e. The number of nitrogens with one attached hydrogen (secondary N) is 2. The number of hydrogen-bond donors (Lipinski definition) is 2. The van der Waals surface area contributed by atoms with E-state index in [0.717, 1.165) is 33.2 Å². The quantitative estimate of drug-likeness (QED) is 0.211. The predicted octanol–water partition coefficient (Wildman–Crippen LogP) is 6.15. The van der Waals surface area contributed by atoms with Gasteiger partial charge in [0, 0.05) is 38.8 Å². The highest BCUT2D eigenvalue weighted by atomic mass is 35.5. The molecule has 6 rings (SSSR count). The second-order valence-corrected chi connectivity index (χ2v) is 12.7. The van der Waals surface area contributed by atoms with Gasteiger partial charge >= 0.3 is 6.03 Å². The lowest BCUT2D eigenvalue weighted by atomic mass is 9.98. The molecule has 4 amide bonds. The van der Waals surface area contributed by atoms with Gasteiger partial charge in [0.25, 0.3) is 0 Å². The Labute approximate surface area is 285 Å². The van der Waals surface area contributed by atoms with Crippen LogP contribution in [0.25, 0.3) is 10.8 Å². The maximum Gasteiger partial charge on any atom is 0.332 e. The van der Waals surface area contributed by atoms with E-state index in [1.54, 1.807) is 22.0 Å². The van der Waals surface area contributed by atoms with Gasteiger partial charge < -0.3 is 20.4 Å². The van der Waals surface area contributed by atoms with Crippen molar-refractivity contribution in [2.75, 3.05) is 32.0 Å². The average Bonchev–Trinajstić information content (AvgIpc) is 3.41. The highest BCUT2D eigenvalue weighted by Gasteiger charge is 2.52. The van der Waals surface area contributed by atoms with Crippen LogP contribution in [-0.4, -0.2) is 76.6 Å². The van der Waals surface area contributed by atoms with Gasteiger partial charge in [-0.05, 0) is 58.1 Å². The molecule has 2 atom stereocenters. The Morgan fingerprint density at radius 3 is 2.43 bits per heavy atom. The van der Waals surface area contributed by atoms with Gasteiger partial charge in [0.1, 0.15) is 12.2 Å². The number of nitrogens with zero attached hydrogens (tertiary/aromatic N) is 4. The molecule has 0 spiro atoms. The Balaban J connectivity index is 1.30. The summed E-state index contributed by atoms with van der Waals surface area (Å²) >= 11 is 12.3. The molecular weight excluding hydrogens is 635 g/mol. The van der Waals surface area contributed by atoms with Crippen LogP contribution in [0.15, 0.2) is 84.9 Å². The van der Waals surface area contributed by atoms with Crippen molar-refractivity contribution in [2.24, 2.45) is 0 Å². The average molecular weight is 674 g/mol. The monoisotopic (exact) mass is 672 g/mol. The second kappa shape index (κ2) is 14.2. The molecule has 2 heterocycles. The predicted molar refractivity (Wildman–Crippen MR) is 186 cm³/mol. The molecule has 11 heteroatoms. The molecule has 0 unspecified atom stereocenters. The summed E-state index contributed by atoms with van der Waals surface area (Å²) in [5.74, 6) is -0.281. The first-order valence-corrected chi connectivity index (χ1v) is 16.6. The van der Waals surface area contributed by atoms with Gasteiger partial charge in [0.2, 0.25) is 11.8 Å². The van der Waals surface area contributed by atoms with E-state index < -0.39 is 12.2 Å². The molecule has 47 heavy (non-hydrogen) atoms. The Kier molecular flexibility index (Phi) is 9.87. The minimum absolute atomic E-state index is 0.00452. The van der Waals surface area contributed by atoms with Gasteiger partial charge in [-0.1, -0.05) is 90.8 Å². The molecule has 0 aliphatic carbocycles. The van der Waals surface area contributed by atoms with E-state index in [4.69, 9.17) is 23.2 Å². The lowest BCUT2D eigenvalue weighted by Crippen LogP contribution is -2.66. The molecule has 2 aliphatic rings. The number of carbonyl (C=O) groups excluding carboxylic acids is 3. The minimum atomic E-state index is -0.718. The Hall–Kier alpha value is -4.31. The van der Waals surface area contributed by atoms with Gasteiger partial charge in [-0.25, -0.2) is 4.79 Å². The van der Waals surface area contributed by atoms with Crippen LogP contribution in [0.2, 0.25) is 10.0 Å². The molecule has 9 nitrogen and oxygen atoms in total. The second-order valence-electron chi connectivity index (χ2n) is 11.9. The van der Waals surface area contributed by atoms with E-state index in [2.05, 4.69) is 28.8 Å². The van der Waals surface area contributed by atoms with Gasteiger partial charge in [-0.2, -0.15) is 5.01 Å². The minimum Gasteiger partial charge on any atom is -0.388 e. The van der Waals surface area contributed by atoms with Crippen LogP contribution >= 0.6 is 23.2 Å². The lowest BCUT2D eigenvalue weighted by molar-refractivity contribution is -0.157. The zero-order chi connectivity index (χ0) is 33.1. The van der Waals surface area contributed by atoms with Crippen molar-refractivity contribution in [3.05, 3.63) is 112 Å². The van der Waals surface area contributed by atoms with Crippen LogP contribution in [0.1, 0.15) is 30.0 Å². The van der Waals surface area contributed by atoms with Gasteiger partial charge in [0.05, 0.1) is 23.1 Å². The topological polar surface area (TPSA) is 88.2 Å². The highest BCUT2D eigenvalue weighted by Crippen LogP contribution is 2.32. The number of hydrazine groups is 1. The van der Waals surface area contributed by atoms with E-state index >= 15 is 0 Å². The molecule has 2 saturated heterocycles. The van der Waals surface area contributed by atoms with E-state index in [1.165, 1.54) is 0 Å². The number of piperazine rings is 1. The van der Waals surface area contributed by atoms with Crippen LogP contribution in [0.4, 0.5) is 10.5 Å². The molecule has 0 saturated carbocycles. The van der Waals surface area contributed by atoms with Crippen LogP contribution in [0.5, 0.6) is 0 Å². The van der Waals surface area contributed by atoms with Crippen molar-refractivity contribution in [3.8, 4) is 0 Å². The Bertz CT molecular complexity index is 1780. The standard InChI is InChI=1S/C36H38Cl2N6O3/c1-3-17-42(36(47)40-20-25-13-16-30(37)31(38)18-25)43-23-34(45)44-32(19-24-11-14-28(39-2)15-12-24)35(46)41(22-33(43)44)21-27-9-6-8-26-7-4-5-10-29(26)27/h4-16,18,32-33,39H,3,17,19-23H2,1-2H3,(H,40,47)/t32-,33+/m0/s1. The van der Waals surface area contributed by atoms with E-state index in [0.29, 0.717) is 36.0 Å². The van der Waals surface area contributed by atoms with Crippen molar-refractivity contribution in [3.63, 3.8) is 0 Å². The molecule has 0 aromatic heterocycles. The lowest BCUT2D eigenvalue weighted by Gasteiger charge is -2.46. The number of halogens is 2. The number of rotatable bonds is 10. The molecule has 2 aliphatic heterocycles. The summed E-state index contributed by atoms with van der Waals surface area (Å²) in [6.07, 6.45) is 0.527. The number of amides is 4. The smallest absolute Gasteiger partial charge is 0.332 e. The van der Waals surface area contributed by atoms with E-state index in [-0.39, 0.29) is 37.5 Å². The van der Waals surface area contributed by atoms with Crippen molar-refractivity contribution < 1.29 is 14.4 Å². The van der Waals surface area contributed by atoms with E-state index in [9.17, 15) is 14.4 Å². The molecule has 0 bridgehead atoms. The van der Waals surface area contributed by atoms with Gasteiger partial charge in [-0.15, -0.1) is 0 Å². The molecule has 4 aromatic rings. The third-order valence-electron chi connectivity index (χ3n) is 8.89. The van der Waals surface area contributed by atoms with Crippen molar-refractivity contribution in [2.45, 2.75) is 45.1 Å². The Morgan fingerprint density at radius 2 is 1.68 bits per heavy atom. The fourth-order valence-electron chi connectivity index (χ4n) is 6.53. The summed E-state index contributed by atoms with van der Waals surface area (Å²) in [5, 5.41) is 12.6. The number of anilines is 1. The fraction of sp³-hybridized carbons (Fsp3) is 0.306. The molecule has 2 fully saturated rings. The molecule has 244 valence electrons. The van der Waals surface area contributed by atoms with Crippen molar-refractivity contribution in [1.82, 2.24) is 25.1 Å². The number of hydrogen-bond acceptors (Lipinski definition) is 5. The summed E-state index contributed by atoms with van der Waals surface area (Å²) in [5.41, 5.74) is 3.74. The third kappa shape index (κ3) is 6.88. The van der Waals surface area contributed by atoms with Crippen LogP contribution in [0, 0.1) is 0 Å². The van der Waals surface area contributed by atoms with Crippen molar-refractivity contribution >= 4 is 57.5 Å². The summed E-state index contributed by atoms with van der Waals surface area (Å²) < 4.78 is 0. The maximum atomic E-state index is 14.3. The van der Waals surface area contributed by atoms with Crippen LogP contribution in [-0.2, 0) is 29.1 Å². The molecule has 4 aromatic carbocycles. The molecule has 0 radical (unpaired) electrons.